The third-order valence-electron chi connectivity index (χ3n) is 5.07. The number of amides is 2. The lowest BCUT2D eigenvalue weighted by Gasteiger charge is -2.30. The van der Waals surface area contributed by atoms with E-state index in [4.69, 9.17) is 0 Å². The average molecular weight is 509 g/mol. The molecule has 2 amide bonds. The molecule has 0 aliphatic rings. The Morgan fingerprint density at radius 1 is 0.912 bits per heavy atom. The smallest absolute Gasteiger partial charge is 0.221 e. The molecule has 0 radical (unpaired) electrons. The normalized spacial score (nSPS) is 9.76. The Morgan fingerprint density at radius 2 is 1.38 bits per heavy atom. The van der Waals surface area contributed by atoms with Crippen LogP contribution < -0.4 is 10.6 Å². The highest BCUT2D eigenvalue weighted by Gasteiger charge is 2.26. The zero-order chi connectivity index (χ0) is 28.0. The molecule has 0 heterocycles. The quantitative estimate of drug-likeness (QED) is 0.213. The third kappa shape index (κ3) is 31.2. The van der Waals surface area contributed by atoms with Crippen molar-refractivity contribution in [2.75, 3.05) is 24.7 Å². The molecule has 0 spiro atoms. The van der Waals surface area contributed by atoms with Crippen molar-refractivity contribution >= 4 is 23.6 Å². The summed E-state index contributed by atoms with van der Waals surface area (Å²) >= 11 is 1.82. The zero-order valence-corrected chi connectivity index (χ0v) is 26.2. The van der Waals surface area contributed by atoms with Gasteiger partial charge in [-0.3, -0.25) is 9.59 Å². The first-order valence-electron chi connectivity index (χ1n) is 13.9. The second-order valence-electron chi connectivity index (χ2n) is 7.87. The number of hydrogen-bond donors (Lipinski definition) is 3. The van der Waals surface area contributed by atoms with E-state index >= 15 is 0 Å². The van der Waals surface area contributed by atoms with Gasteiger partial charge in [0, 0.05) is 25.6 Å². The Hall–Kier alpha value is -0.750. The van der Waals surface area contributed by atoms with Gasteiger partial charge in [0.25, 0.3) is 0 Å². The van der Waals surface area contributed by atoms with Crippen LogP contribution >= 0.6 is 11.8 Å². The highest BCUT2D eigenvalue weighted by atomic mass is 32.2. The van der Waals surface area contributed by atoms with Gasteiger partial charge in [-0.2, -0.15) is 11.8 Å². The van der Waals surface area contributed by atoms with Crippen molar-refractivity contribution in [3.63, 3.8) is 0 Å². The molecule has 0 rings (SSSR count). The topological polar surface area (TPSA) is 78.4 Å². The summed E-state index contributed by atoms with van der Waals surface area (Å²) < 4.78 is 0. The molecule has 0 aromatic heterocycles. The number of carbonyl (C=O) groups excluding carboxylic acids is 2. The van der Waals surface area contributed by atoms with Crippen LogP contribution in [0.2, 0.25) is 0 Å². The predicted octanol–water partition coefficient (Wildman–Crippen LogP) is 7.46. The Kier molecular flexibility index (Phi) is 43.9. The van der Waals surface area contributed by atoms with Gasteiger partial charge in [-0.25, -0.2) is 0 Å². The van der Waals surface area contributed by atoms with Gasteiger partial charge in [0.05, 0.1) is 12.1 Å². The van der Waals surface area contributed by atoms with Crippen molar-refractivity contribution < 1.29 is 14.7 Å². The number of carbonyl (C=O) groups is 2. The van der Waals surface area contributed by atoms with E-state index in [-0.39, 0.29) is 18.4 Å². The van der Waals surface area contributed by atoms with Gasteiger partial charge in [-0.1, -0.05) is 95.9 Å². The highest BCUT2D eigenvalue weighted by molar-refractivity contribution is 7.99. The molecule has 0 fully saturated rings. The lowest BCUT2D eigenvalue weighted by atomic mass is 9.94. The third-order valence-corrected chi connectivity index (χ3v) is 6.46. The van der Waals surface area contributed by atoms with Crippen molar-refractivity contribution in [3.8, 4) is 0 Å². The number of hydrogen-bond acceptors (Lipinski definition) is 4. The minimum absolute atomic E-state index is 0.0187. The van der Waals surface area contributed by atoms with E-state index in [1.807, 2.05) is 67.2 Å². The molecule has 0 saturated carbocycles. The standard InChI is InChI=1S/C13H27NO2S.C9H19NO.3C2H6/c1-5-13(6-2,10-15)14-12(16)7-8-17-9-11(3)4;1-4-9(5-2)6-7-10-8(3)11;3*1-2/h11,15H,5-10H2,1-4H3,(H,14,16);9H,4-7H2,1-3H3,(H,10,11);3*1-2H3. The Bertz CT molecular complexity index is 389. The van der Waals surface area contributed by atoms with Crippen LogP contribution in [-0.2, 0) is 9.59 Å². The van der Waals surface area contributed by atoms with Crippen LogP contribution in [0.5, 0.6) is 0 Å². The van der Waals surface area contributed by atoms with Gasteiger partial charge >= 0.3 is 0 Å². The summed E-state index contributed by atoms with van der Waals surface area (Å²) in [5, 5.41) is 15.1. The van der Waals surface area contributed by atoms with E-state index in [9.17, 15) is 14.7 Å². The van der Waals surface area contributed by atoms with Crippen molar-refractivity contribution in [2.45, 2.75) is 134 Å². The minimum atomic E-state index is -0.417. The molecule has 0 aromatic carbocycles. The maximum Gasteiger partial charge on any atom is 0.221 e. The molecule has 6 heteroatoms. The Labute approximate surface area is 219 Å². The van der Waals surface area contributed by atoms with Gasteiger partial charge in [0.2, 0.25) is 11.8 Å². The number of nitrogens with one attached hydrogen (secondary N) is 2. The number of thioether (sulfide) groups is 1. The molecule has 0 atom stereocenters. The maximum atomic E-state index is 11.7. The van der Waals surface area contributed by atoms with Crippen LogP contribution in [0.3, 0.4) is 0 Å². The fourth-order valence-electron chi connectivity index (χ4n) is 2.68. The van der Waals surface area contributed by atoms with Crippen molar-refractivity contribution in [1.29, 1.82) is 0 Å². The lowest BCUT2D eigenvalue weighted by molar-refractivity contribution is -0.123. The summed E-state index contributed by atoms with van der Waals surface area (Å²) in [4.78, 5) is 22.2. The van der Waals surface area contributed by atoms with Gasteiger partial charge in [0.15, 0.2) is 0 Å². The predicted molar refractivity (Wildman–Crippen MR) is 157 cm³/mol. The van der Waals surface area contributed by atoms with Gasteiger partial charge in [-0.15, -0.1) is 0 Å². The Morgan fingerprint density at radius 3 is 1.71 bits per heavy atom. The second-order valence-corrected chi connectivity index (χ2v) is 9.02. The lowest BCUT2D eigenvalue weighted by Crippen LogP contribution is -2.50. The molecular weight excluding hydrogens is 444 g/mol. The van der Waals surface area contributed by atoms with E-state index < -0.39 is 5.54 Å². The van der Waals surface area contributed by atoms with E-state index in [1.165, 1.54) is 12.8 Å². The summed E-state index contributed by atoms with van der Waals surface area (Å²) in [6.07, 6.45) is 5.63. The average Bonchev–Trinajstić information content (AvgIpc) is 2.87. The summed E-state index contributed by atoms with van der Waals surface area (Å²) in [5.41, 5.74) is -0.417. The maximum absolute atomic E-state index is 11.7. The van der Waals surface area contributed by atoms with Gasteiger partial charge in [0.1, 0.15) is 0 Å². The van der Waals surface area contributed by atoms with Gasteiger partial charge in [-0.05, 0) is 36.9 Å². The fraction of sp³-hybridized carbons (Fsp3) is 0.929. The first kappa shape index (κ1) is 43.3. The molecule has 0 saturated heterocycles. The Balaban J connectivity index is -0.000000142. The molecule has 0 aliphatic carbocycles. The molecule has 0 aliphatic heterocycles. The molecule has 3 N–H and O–H groups in total. The first-order chi connectivity index (χ1) is 16.2. The molecule has 5 nitrogen and oxygen atoms in total. The summed E-state index contributed by atoms with van der Waals surface area (Å²) in [6.45, 7) is 27.2. The van der Waals surface area contributed by atoms with E-state index in [0.717, 1.165) is 43.2 Å². The molecule has 210 valence electrons. The van der Waals surface area contributed by atoms with Crippen molar-refractivity contribution in [1.82, 2.24) is 10.6 Å². The SMILES string of the molecule is CC.CC.CC.CCC(CC)(CO)NC(=O)CCSCC(C)C.CCC(CC)CCNC(C)=O. The van der Waals surface area contributed by atoms with Crippen molar-refractivity contribution in [2.24, 2.45) is 11.8 Å². The largest absolute Gasteiger partial charge is 0.394 e. The number of rotatable bonds is 14. The number of aliphatic hydroxyl groups is 1. The van der Waals surface area contributed by atoms with Crippen LogP contribution in [0.1, 0.15) is 129 Å². The van der Waals surface area contributed by atoms with E-state index in [0.29, 0.717) is 12.3 Å². The first-order valence-corrected chi connectivity index (χ1v) is 15.1. The highest BCUT2D eigenvalue weighted by Crippen LogP contribution is 2.15. The van der Waals surface area contributed by atoms with Crippen LogP contribution in [0.4, 0.5) is 0 Å². The minimum Gasteiger partial charge on any atom is -0.394 e. The molecule has 0 aromatic rings. The number of aliphatic hydroxyl groups excluding tert-OH is 1. The molecule has 34 heavy (non-hydrogen) atoms. The van der Waals surface area contributed by atoms with Crippen LogP contribution in [0.25, 0.3) is 0 Å². The van der Waals surface area contributed by atoms with Gasteiger partial charge < -0.3 is 15.7 Å². The molecule has 0 unspecified atom stereocenters. The molecule has 0 bridgehead atoms. The summed E-state index contributed by atoms with van der Waals surface area (Å²) in [6, 6.07) is 0. The van der Waals surface area contributed by atoms with Crippen molar-refractivity contribution in [3.05, 3.63) is 0 Å². The summed E-state index contributed by atoms with van der Waals surface area (Å²) in [5.74, 6) is 3.54. The zero-order valence-electron chi connectivity index (χ0n) is 25.4. The van der Waals surface area contributed by atoms with Crippen LogP contribution in [0.15, 0.2) is 0 Å². The monoisotopic (exact) mass is 508 g/mol. The summed E-state index contributed by atoms with van der Waals surface area (Å²) in [7, 11) is 0. The fourth-order valence-corrected chi connectivity index (χ4v) is 3.65. The second kappa shape index (κ2) is 34.4. The van der Waals surface area contributed by atoms with Crippen LogP contribution in [0, 0.1) is 11.8 Å². The molecular formula is C28H64N2O3S. The van der Waals surface area contributed by atoms with E-state index in [2.05, 4.69) is 38.3 Å². The van der Waals surface area contributed by atoms with E-state index in [1.54, 1.807) is 6.92 Å². The van der Waals surface area contributed by atoms with Crippen LogP contribution in [-0.4, -0.2) is 47.1 Å².